The van der Waals surface area contributed by atoms with Gasteiger partial charge in [0.1, 0.15) is 11.6 Å². The van der Waals surface area contributed by atoms with E-state index in [1.165, 1.54) is 34.9 Å². The standard InChI is InChI=1S/C22H16F4N6O3S/c23-13-3-7-16(8-4-13)32-17(9-15-10-18(33)29-20(35)28-15)30-31-21(32)36-11-19(34)27-14-5-1-12(2-6-14)22(24,25)26/h1-8,10H,9,11H2,(H,27,34)(H2,28,29,33,35). The van der Waals surface area contributed by atoms with E-state index in [1.54, 1.807) is 0 Å². The van der Waals surface area contributed by atoms with E-state index in [-0.39, 0.29) is 28.7 Å². The van der Waals surface area contributed by atoms with Crippen molar-refractivity contribution < 1.29 is 22.4 Å². The number of aromatic nitrogens is 5. The van der Waals surface area contributed by atoms with E-state index in [0.717, 1.165) is 36.0 Å². The Morgan fingerprint density at radius 3 is 2.33 bits per heavy atom. The number of halogens is 4. The van der Waals surface area contributed by atoms with Gasteiger partial charge in [0.05, 0.1) is 11.3 Å². The molecule has 0 spiro atoms. The second-order valence-corrected chi connectivity index (χ2v) is 8.35. The molecule has 0 fully saturated rings. The predicted molar refractivity (Wildman–Crippen MR) is 123 cm³/mol. The van der Waals surface area contributed by atoms with Crippen LogP contribution in [0.5, 0.6) is 0 Å². The highest BCUT2D eigenvalue weighted by Crippen LogP contribution is 2.30. The van der Waals surface area contributed by atoms with Gasteiger partial charge in [-0.05, 0) is 48.5 Å². The second kappa shape index (κ2) is 10.2. The van der Waals surface area contributed by atoms with Crippen LogP contribution in [0.4, 0.5) is 23.2 Å². The average molecular weight is 520 g/mol. The minimum atomic E-state index is -4.49. The molecule has 0 saturated heterocycles. The molecule has 36 heavy (non-hydrogen) atoms. The van der Waals surface area contributed by atoms with Gasteiger partial charge in [-0.15, -0.1) is 10.2 Å². The van der Waals surface area contributed by atoms with E-state index in [1.807, 2.05) is 0 Å². The van der Waals surface area contributed by atoms with Gasteiger partial charge in [-0.1, -0.05) is 11.8 Å². The SMILES string of the molecule is O=C(CSc1nnc(Cc2cc(=O)[nH]c(=O)[nH]2)n1-c1ccc(F)cc1)Nc1ccc(C(F)(F)F)cc1. The van der Waals surface area contributed by atoms with Gasteiger partial charge in [-0.2, -0.15) is 13.2 Å². The van der Waals surface area contributed by atoms with Crippen LogP contribution in [-0.2, 0) is 17.4 Å². The summed E-state index contributed by atoms with van der Waals surface area (Å²) in [6, 6.07) is 10.6. The largest absolute Gasteiger partial charge is 0.416 e. The molecule has 186 valence electrons. The van der Waals surface area contributed by atoms with Gasteiger partial charge in [-0.25, -0.2) is 9.18 Å². The highest BCUT2D eigenvalue weighted by Gasteiger charge is 2.30. The molecular weight excluding hydrogens is 504 g/mol. The van der Waals surface area contributed by atoms with Crippen LogP contribution in [-0.4, -0.2) is 36.4 Å². The van der Waals surface area contributed by atoms with Crippen molar-refractivity contribution in [2.45, 2.75) is 17.8 Å². The molecular formula is C22H16F4N6O3S. The highest BCUT2D eigenvalue weighted by molar-refractivity contribution is 7.99. The van der Waals surface area contributed by atoms with Gasteiger partial charge >= 0.3 is 11.9 Å². The van der Waals surface area contributed by atoms with Crippen LogP contribution in [0.15, 0.2) is 69.3 Å². The topological polar surface area (TPSA) is 126 Å². The zero-order valence-corrected chi connectivity index (χ0v) is 18.9. The predicted octanol–water partition coefficient (Wildman–Crippen LogP) is 3.12. The number of thioether (sulfide) groups is 1. The number of hydrogen-bond donors (Lipinski definition) is 3. The van der Waals surface area contributed by atoms with Crippen LogP contribution in [0, 0.1) is 5.82 Å². The van der Waals surface area contributed by atoms with Crippen molar-refractivity contribution in [2.24, 2.45) is 0 Å². The van der Waals surface area contributed by atoms with E-state index in [0.29, 0.717) is 11.5 Å². The molecule has 0 atom stereocenters. The number of nitrogens with zero attached hydrogens (tertiary/aromatic N) is 3. The fourth-order valence-corrected chi connectivity index (χ4v) is 3.98. The fraction of sp³-hybridized carbons (Fsp3) is 0.136. The van der Waals surface area contributed by atoms with Gasteiger partial charge in [-0.3, -0.25) is 19.1 Å². The van der Waals surface area contributed by atoms with Crippen molar-refractivity contribution >= 4 is 23.4 Å². The van der Waals surface area contributed by atoms with Gasteiger partial charge in [0.2, 0.25) is 5.91 Å². The van der Waals surface area contributed by atoms with Crippen LogP contribution < -0.4 is 16.6 Å². The molecule has 2 aromatic carbocycles. The minimum absolute atomic E-state index is 0.00183. The molecule has 14 heteroatoms. The molecule has 3 N–H and O–H groups in total. The number of carbonyl (C=O) groups is 1. The Morgan fingerprint density at radius 2 is 1.69 bits per heavy atom. The van der Waals surface area contributed by atoms with E-state index < -0.39 is 34.7 Å². The molecule has 4 rings (SSSR count). The first kappa shape index (κ1) is 24.9. The lowest BCUT2D eigenvalue weighted by Gasteiger charge is -2.11. The first-order chi connectivity index (χ1) is 17.1. The Kier molecular flexibility index (Phi) is 7.05. The lowest BCUT2D eigenvalue weighted by atomic mass is 10.2. The zero-order valence-electron chi connectivity index (χ0n) is 18.1. The van der Waals surface area contributed by atoms with E-state index in [2.05, 4.69) is 25.5 Å². The number of nitrogens with one attached hydrogen (secondary N) is 3. The average Bonchev–Trinajstić information content (AvgIpc) is 3.19. The van der Waals surface area contributed by atoms with Gasteiger partial charge in [0, 0.05) is 29.6 Å². The maximum Gasteiger partial charge on any atom is 0.416 e. The zero-order chi connectivity index (χ0) is 25.9. The highest BCUT2D eigenvalue weighted by atomic mass is 32.2. The van der Waals surface area contributed by atoms with Crippen molar-refractivity contribution in [3.8, 4) is 5.69 Å². The molecule has 0 bridgehead atoms. The molecule has 4 aromatic rings. The molecule has 0 aliphatic carbocycles. The van der Waals surface area contributed by atoms with Crippen molar-refractivity contribution in [1.29, 1.82) is 0 Å². The number of rotatable bonds is 7. The number of benzene rings is 2. The summed E-state index contributed by atoms with van der Waals surface area (Å²) in [5, 5.41) is 10.9. The summed E-state index contributed by atoms with van der Waals surface area (Å²) in [6.45, 7) is 0. The second-order valence-electron chi connectivity index (χ2n) is 7.41. The third-order valence-corrected chi connectivity index (χ3v) is 5.71. The van der Waals surface area contributed by atoms with Crippen molar-refractivity contribution in [3.05, 3.63) is 98.3 Å². The number of aromatic amines is 2. The smallest absolute Gasteiger partial charge is 0.325 e. The summed E-state index contributed by atoms with van der Waals surface area (Å²) in [5.74, 6) is -0.845. The lowest BCUT2D eigenvalue weighted by molar-refractivity contribution is -0.137. The number of amides is 1. The maximum atomic E-state index is 13.5. The van der Waals surface area contributed by atoms with Gasteiger partial charge in [0.15, 0.2) is 5.16 Å². The molecule has 0 unspecified atom stereocenters. The molecule has 9 nitrogen and oxygen atoms in total. The van der Waals surface area contributed by atoms with Crippen LogP contribution in [0.25, 0.3) is 5.69 Å². The van der Waals surface area contributed by atoms with Gasteiger partial charge in [0.25, 0.3) is 5.56 Å². The first-order valence-corrected chi connectivity index (χ1v) is 11.2. The molecule has 0 radical (unpaired) electrons. The summed E-state index contributed by atoms with van der Waals surface area (Å²) in [6.07, 6.45) is -4.48. The van der Waals surface area contributed by atoms with Crippen molar-refractivity contribution in [3.63, 3.8) is 0 Å². The van der Waals surface area contributed by atoms with Crippen LogP contribution in [0.3, 0.4) is 0 Å². The summed E-state index contributed by atoms with van der Waals surface area (Å²) in [5.41, 5.74) is -1.22. The number of anilines is 1. The number of alkyl halides is 3. The number of hydrogen-bond acceptors (Lipinski definition) is 6. The Hall–Kier alpha value is -4.20. The van der Waals surface area contributed by atoms with Crippen LogP contribution >= 0.6 is 11.8 Å². The Bertz CT molecular complexity index is 1470. The van der Waals surface area contributed by atoms with Crippen molar-refractivity contribution in [1.82, 2.24) is 24.7 Å². The third-order valence-electron chi connectivity index (χ3n) is 4.78. The number of carbonyl (C=O) groups excluding carboxylic acids is 1. The first-order valence-electron chi connectivity index (χ1n) is 10.2. The number of H-pyrrole nitrogens is 2. The summed E-state index contributed by atoms with van der Waals surface area (Å²) < 4.78 is 53.1. The molecule has 2 aromatic heterocycles. The molecule has 0 aliphatic heterocycles. The molecule has 2 heterocycles. The normalized spacial score (nSPS) is 11.4. The van der Waals surface area contributed by atoms with E-state index >= 15 is 0 Å². The minimum Gasteiger partial charge on any atom is -0.325 e. The Balaban J connectivity index is 1.54. The van der Waals surface area contributed by atoms with Crippen molar-refractivity contribution in [2.75, 3.05) is 11.1 Å². The fourth-order valence-electron chi connectivity index (χ4n) is 3.21. The summed E-state index contributed by atoms with van der Waals surface area (Å²) in [7, 11) is 0. The maximum absolute atomic E-state index is 13.5. The van der Waals surface area contributed by atoms with Crippen LogP contribution in [0.1, 0.15) is 17.1 Å². The Labute approximate surface area is 203 Å². The van der Waals surface area contributed by atoms with E-state index in [4.69, 9.17) is 0 Å². The molecule has 1 amide bonds. The lowest BCUT2D eigenvalue weighted by Crippen LogP contribution is -2.23. The summed E-state index contributed by atoms with van der Waals surface area (Å²) >= 11 is 0.982. The van der Waals surface area contributed by atoms with Gasteiger partial charge < -0.3 is 10.3 Å². The van der Waals surface area contributed by atoms with E-state index in [9.17, 15) is 31.9 Å². The summed E-state index contributed by atoms with van der Waals surface area (Å²) in [4.78, 5) is 40.2. The Morgan fingerprint density at radius 1 is 1.00 bits per heavy atom. The monoisotopic (exact) mass is 520 g/mol. The molecule has 0 aliphatic rings. The molecule has 0 saturated carbocycles. The third kappa shape index (κ3) is 6.07. The quantitative estimate of drug-likeness (QED) is 0.254. The van der Waals surface area contributed by atoms with Crippen LogP contribution in [0.2, 0.25) is 0 Å².